The summed E-state index contributed by atoms with van der Waals surface area (Å²) in [7, 11) is 2.16. The number of piperazine rings is 1. The van der Waals surface area contributed by atoms with Gasteiger partial charge < -0.3 is 15.1 Å². The number of aryl methyl sites for hydroxylation is 1. The number of nitrogens with zero attached hydrogens (tertiary/aromatic N) is 3. The molecule has 5 nitrogen and oxygen atoms in total. The molecular formula is C28H28N4O. The molecule has 0 spiro atoms. The quantitative estimate of drug-likeness (QED) is 0.477. The molecule has 1 aliphatic heterocycles. The molecule has 33 heavy (non-hydrogen) atoms. The van der Waals surface area contributed by atoms with Gasteiger partial charge in [-0.25, -0.2) is 4.98 Å². The molecule has 1 amide bonds. The van der Waals surface area contributed by atoms with Crippen molar-refractivity contribution in [3.8, 4) is 11.3 Å². The first-order valence-corrected chi connectivity index (χ1v) is 11.4. The van der Waals surface area contributed by atoms with Gasteiger partial charge in [0, 0.05) is 48.5 Å². The summed E-state index contributed by atoms with van der Waals surface area (Å²) in [5, 5.41) is 3.99. The maximum atomic E-state index is 13.4. The Labute approximate surface area is 194 Å². The predicted octanol–water partition coefficient (Wildman–Crippen LogP) is 5.21. The normalized spacial score (nSPS) is 14.4. The van der Waals surface area contributed by atoms with Gasteiger partial charge in [0.2, 0.25) is 0 Å². The molecule has 0 saturated carbocycles. The number of carbonyl (C=O) groups is 1. The number of nitrogens with one attached hydrogen (secondary N) is 1. The van der Waals surface area contributed by atoms with Crippen molar-refractivity contribution >= 4 is 28.2 Å². The van der Waals surface area contributed by atoms with E-state index in [0.717, 1.165) is 59.6 Å². The van der Waals surface area contributed by atoms with E-state index in [0.29, 0.717) is 5.56 Å². The van der Waals surface area contributed by atoms with Gasteiger partial charge in [0.1, 0.15) is 0 Å². The molecule has 0 aliphatic carbocycles. The number of amides is 1. The van der Waals surface area contributed by atoms with E-state index in [1.165, 1.54) is 5.69 Å². The summed E-state index contributed by atoms with van der Waals surface area (Å²) in [6.45, 7) is 6.22. The second kappa shape index (κ2) is 9.04. The molecule has 166 valence electrons. The van der Waals surface area contributed by atoms with Crippen molar-refractivity contribution in [3.63, 3.8) is 0 Å². The SMILES string of the molecule is Cc1cc(N2CCN(C)CC2)ccc1NC(=O)c1cc(-c2ccccc2)nc2ccccc12. The molecular weight excluding hydrogens is 408 g/mol. The number of hydrogen-bond acceptors (Lipinski definition) is 4. The maximum absolute atomic E-state index is 13.4. The summed E-state index contributed by atoms with van der Waals surface area (Å²) < 4.78 is 0. The van der Waals surface area contributed by atoms with E-state index in [9.17, 15) is 4.79 Å². The smallest absolute Gasteiger partial charge is 0.256 e. The minimum absolute atomic E-state index is 0.124. The fraction of sp³-hybridized carbons (Fsp3) is 0.214. The average molecular weight is 437 g/mol. The number of pyridine rings is 1. The summed E-state index contributed by atoms with van der Waals surface area (Å²) in [5.41, 5.74) is 6.32. The monoisotopic (exact) mass is 436 g/mol. The van der Waals surface area contributed by atoms with Crippen molar-refractivity contribution in [2.24, 2.45) is 0 Å². The Morgan fingerprint density at radius 1 is 0.879 bits per heavy atom. The summed E-state index contributed by atoms with van der Waals surface area (Å²) in [4.78, 5) is 23.0. The number of hydrogen-bond donors (Lipinski definition) is 1. The summed E-state index contributed by atoms with van der Waals surface area (Å²) in [6.07, 6.45) is 0. The summed E-state index contributed by atoms with van der Waals surface area (Å²) >= 11 is 0. The second-order valence-corrected chi connectivity index (χ2v) is 8.68. The van der Waals surface area contributed by atoms with Crippen molar-refractivity contribution in [1.29, 1.82) is 0 Å². The Morgan fingerprint density at radius 2 is 1.61 bits per heavy atom. The first-order valence-electron chi connectivity index (χ1n) is 11.4. The van der Waals surface area contributed by atoms with E-state index in [-0.39, 0.29) is 5.91 Å². The Balaban J connectivity index is 1.44. The number of rotatable bonds is 4. The molecule has 0 atom stereocenters. The van der Waals surface area contributed by atoms with E-state index < -0.39 is 0 Å². The first kappa shape index (κ1) is 21.2. The van der Waals surface area contributed by atoms with Gasteiger partial charge in [0.05, 0.1) is 16.8 Å². The number of carbonyl (C=O) groups excluding carboxylic acids is 1. The second-order valence-electron chi connectivity index (χ2n) is 8.68. The highest BCUT2D eigenvalue weighted by Gasteiger charge is 2.17. The third-order valence-electron chi connectivity index (χ3n) is 6.36. The number of benzene rings is 3. The van der Waals surface area contributed by atoms with Gasteiger partial charge >= 0.3 is 0 Å². The van der Waals surface area contributed by atoms with Crippen LogP contribution in [0, 0.1) is 6.92 Å². The van der Waals surface area contributed by atoms with E-state index in [4.69, 9.17) is 4.98 Å². The van der Waals surface area contributed by atoms with Crippen molar-refractivity contribution < 1.29 is 4.79 Å². The molecule has 1 aliphatic rings. The lowest BCUT2D eigenvalue weighted by atomic mass is 10.0. The lowest BCUT2D eigenvalue weighted by Gasteiger charge is -2.34. The van der Waals surface area contributed by atoms with Crippen LogP contribution in [0.1, 0.15) is 15.9 Å². The van der Waals surface area contributed by atoms with Gasteiger partial charge in [-0.1, -0.05) is 48.5 Å². The molecule has 1 aromatic heterocycles. The molecule has 1 fully saturated rings. The highest BCUT2D eigenvalue weighted by molar-refractivity contribution is 6.13. The Kier molecular flexibility index (Phi) is 5.80. The topological polar surface area (TPSA) is 48.5 Å². The number of aromatic nitrogens is 1. The van der Waals surface area contributed by atoms with Gasteiger partial charge in [-0.15, -0.1) is 0 Å². The van der Waals surface area contributed by atoms with Crippen molar-refractivity contribution in [2.75, 3.05) is 43.4 Å². The van der Waals surface area contributed by atoms with E-state index in [2.05, 4.69) is 41.2 Å². The van der Waals surface area contributed by atoms with E-state index in [1.54, 1.807) is 0 Å². The summed E-state index contributed by atoms with van der Waals surface area (Å²) in [6, 6.07) is 26.0. The first-order chi connectivity index (χ1) is 16.1. The van der Waals surface area contributed by atoms with Gasteiger partial charge in [0.25, 0.3) is 5.91 Å². The molecule has 3 aromatic carbocycles. The van der Waals surface area contributed by atoms with Crippen LogP contribution in [-0.4, -0.2) is 49.0 Å². The van der Waals surface area contributed by atoms with E-state index >= 15 is 0 Å². The molecule has 5 heteroatoms. The van der Waals surface area contributed by atoms with E-state index in [1.807, 2.05) is 66.7 Å². The van der Waals surface area contributed by atoms with Crippen LogP contribution < -0.4 is 10.2 Å². The van der Waals surface area contributed by atoms with Gasteiger partial charge in [0.15, 0.2) is 0 Å². The van der Waals surface area contributed by atoms with Crippen LogP contribution >= 0.6 is 0 Å². The third kappa shape index (κ3) is 4.45. The fourth-order valence-corrected chi connectivity index (χ4v) is 4.36. The van der Waals surface area contributed by atoms with Crippen LogP contribution in [0.5, 0.6) is 0 Å². The van der Waals surface area contributed by atoms with Gasteiger partial charge in [-0.3, -0.25) is 4.79 Å². The molecule has 4 aromatic rings. The lowest BCUT2D eigenvalue weighted by Crippen LogP contribution is -2.44. The Hall–Kier alpha value is -3.70. The van der Waals surface area contributed by atoms with Crippen LogP contribution in [-0.2, 0) is 0 Å². The van der Waals surface area contributed by atoms with Gasteiger partial charge in [-0.2, -0.15) is 0 Å². The lowest BCUT2D eigenvalue weighted by molar-refractivity contribution is 0.102. The largest absolute Gasteiger partial charge is 0.369 e. The Bertz CT molecular complexity index is 1290. The number of para-hydroxylation sites is 1. The minimum atomic E-state index is -0.124. The molecule has 5 rings (SSSR count). The Morgan fingerprint density at radius 3 is 2.36 bits per heavy atom. The zero-order chi connectivity index (χ0) is 22.8. The molecule has 0 unspecified atom stereocenters. The molecule has 0 radical (unpaired) electrons. The maximum Gasteiger partial charge on any atom is 0.256 e. The zero-order valence-electron chi connectivity index (χ0n) is 19.1. The number of anilines is 2. The third-order valence-corrected chi connectivity index (χ3v) is 6.36. The molecule has 0 bridgehead atoms. The van der Waals surface area contributed by atoms with Crippen molar-refractivity contribution in [2.45, 2.75) is 6.92 Å². The van der Waals surface area contributed by atoms with Crippen LogP contribution in [0.15, 0.2) is 78.9 Å². The fourth-order valence-electron chi connectivity index (χ4n) is 4.36. The zero-order valence-corrected chi connectivity index (χ0v) is 19.1. The van der Waals surface area contributed by atoms with Crippen molar-refractivity contribution in [3.05, 3.63) is 90.0 Å². The van der Waals surface area contributed by atoms with Crippen LogP contribution in [0.4, 0.5) is 11.4 Å². The van der Waals surface area contributed by atoms with Crippen LogP contribution in [0.25, 0.3) is 22.2 Å². The van der Waals surface area contributed by atoms with Crippen molar-refractivity contribution in [1.82, 2.24) is 9.88 Å². The highest BCUT2D eigenvalue weighted by atomic mass is 16.1. The van der Waals surface area contributed by atoms with Gasteiger partial charge in [-0.05, 0) is 49.9 Å². The minimum Gasteiger partial charge on any atom is -0.369 e. The van der Waals surface area contributed by atoms with Crippen LogP contribution in [0.2, 0.25) is 0 Å². The van der Waals surface area contributed by atoms with Crippen LogP contribution in [0.3, 0.4) is 0 Å². The molecule has 2 heterocycles. The molecule has 1 N–H and O–H groups in total. The number of fused-ring (bicyclic) bond motifs is 1. The average Bonchev–Trinajstić information content (AvgIpc) is 2.85. The summed E-state index contributed by atoms with van der Waals surface area (Å²) in [5.74, 6) is -0.124. The number of likely N-dealkylation sites (N-methyl/N-ethyl adjacent to an activating group) is 1. The predicted molar refractivity (Wildman–Crippen MR) is 136 cm³/mol. The standard InChI is InChI=1S/C28H28N4O/c1-20-18-22(32-16-14-31(2)15-17-32)12-13-25(20)30-28(33)24-19-27(21-8-4-3-5-9-21)29-26-11-7-6-10-23(24)26/h3-13,18-19H,14-17H2,1-2H3,(H,30,33). The highest BCUT2D eigenvalue weighted by Crippen LogP contribution is 2.27. The molecule has 1 saturated heterocycles.